The van der Waals surface area contributed by atoms with Gasteiger partial charge in [0, 0.05) is 26.1 Å². The third-order valence-corrected chi connectivity index (χ3v) is 20.1. The molecule has 14 aliphatic heterocycles. The molecule has 0 aromatic heterocycles. The van der Waals surface area contributed by atoms with Gasteiger partial charge in [-0.15, -0.1) is 0 Å². The van der Waals surface area contributed by atoms with E-state index in [4.69, 9.17) is 66.3 Å². The summed E-state index contributed by atoms with van der Waals surface area (Å²) in [4.78, 5) is 0. The normalized spacial score (nSPS) is 55.1. The molecule has 35 nitrogen and oxygen atoms in total. The molecule has 16 aliphatic rings. The fourth-order valence-electron chi connectivity index (χ4n) is 15.2. The summed E-state index contributed by atoms with van der Waals surface area (Å²) in [6.07, 6.45) is -58.4. The quantitative estimate of drug-likeness (QED) is 0.107. The van der Waals surface area contributed by atoms with Gasteiger partial charge in [0.25, 0.3) is 0 Å². The molecule has 90 heavy (non-hydrogen) atoms. The molecule has 520 valence electrons. The van der Waals surface area contributed by atoms with Crippen LogP contribution in [-0.2, 0) is 66.3 Å². The second kappa shape index (κ2) is 29.0. The van der Waals surface area contributed by atoms with Crippen molar-refractivity contribution in [1.82, 2.24) is 10.4 Å². The molecule has 16 rings (SSSR count). The summed E-state index contributed by atoms with van der Waals surface area (Å²) >= 11 is 0. The molecule has 35 heteroatoms. The van der Waals surface area contributed by atoms with E-state index < -0.39 is 261 Å². The van der Waals surface area contributed by atoms with Crippen LogP contribution in [0.25, 0.3) is 0 Å². The Morgan fingerprint density at radius 1 is 0.411 bits per heavy atom. The van der Waals surface area contributed by atoms with Crippen molar-refractivity contribution >= 4 is 0 Å². The summed E-state index contributed by atoms with van der Waals surface area (Å²) in [6.45, 7) is -4.40. The smallest absolute Gasteiger partial charge is 0.187 e. The van der Waals surface area contributed by atoms with Crippen LogP contribution in [0, 0.1) is 17.3 Å². The van der Waals surface area contributed by atoms with E-state index in [-0.39, 0.29) is 18.5 Å². The Morgan fingerprint density at radius 2 is 0.767 bits per heavy atom. The molecule has 0 amide bonds. The van der Waals surface area contributed by atoms with Crippen LogP contribution in [0.5, 0.6) is 0 Å². The SMILES string of the molecule is CC1(CCN2CC3O[C@@H]4O[C@@H]5C(CO)O[C@H](O[C@@H]6C(CO)O[C@H](OCC7(O)CC(CN2)O[C@H](O[C@@H]2C(CO)O[C@H](O[C@@H]8C(CO)O[C@H](O[C@@H]9C(CO)O[C@@H](O[C@H]3C(O)C4O)C(O)C9O)C(O)C8O)C(O)C2O)C7O)C(O)C6O)C(O)C5O)CC2CCCC(C2)C1. The summed E-state index contributed by atoms with van der Waals surface area (Å²) in [6, 6.07) is 0. The molecule has 14 heterocycles. The van der Waals surface area contributed by atoms with E-state index in [1.54, 1.807) is 5.01 Å². The molecule has 14 saturated heterocycles. The minimum atomic E-state index is -2.55. The van der Waals surface area contributed by atoms with Crippen LogP contribution in [0.15, 0.2) is 0 Å². The van der Waals surface area contributed by atoms with E-state index in [0.29, 0.717) is 18.3 Å². The van der Waals surface area contributed by atoms with Crippen molar-refractivity contribution in [3.05, 3.63) is 0 Å². The summed E-state index contributed by atoms with van der Waals surface area (Å²) < 4.78 is 84.6. The van der Waals surface area contributed by atoms with Gasteiger partial charge in [-0.2, -0.15) is 0 Å². The molecular weight excluding hydrogens is 1220 g/mol. The van der Waals surface area contributed by atoms with Crippen LogP contribution < -0.4 is 5.43 Å². The number of nitrogens with one attached hydrogen (secondary N) is 1. The zero-order chi connectivity index (χ0) is 64.4. The lowest BCUT2D eigenvalue weighted by atomic mass is 9.60. The first-order valence-corrected chi connectivity index (χ1v) is 31.1. The van der Waals surface area contributed by atoms with E-state index in [2.05, 4.69) is 12.3 Å². The van der Waals surface area contributed by atoms with Gasteiger partial charge < -0.3 is 163 Å². The summed E-state index contributed by atoms with van der Waals surface area (Å²) in [5.74, 6) is 0.916. The van der Waals surface area contributed by atoms with Crippen molar-refractivity contribution in [2.45, 2.75) is 267 Å². The van der Waals surface area contributed by atoms with Gasteiger partial charge in [-0.05, 0) is 42.9 Å². The van der Waals surface area contributed by atoms with Crippen molar-refractivity contribution < 1.29 is 163 Å². The standard InChI is InChI=1S/C55H92N2O33/c1-54(8-19-3-2-4-20(7-19)9-54)5-6-57-12-22-40-29(64)35(70)48(79-22)86-42-24(14-59)82-50(37(72)31(42)66)87-41-23(13-58)80-47(34(69)28(41)63)77-18-55(76)10-21(11-56-57)78-53(46(55)75)90-45-27(17-62)84-52(39(74)33(45)68)89-44-26(16-61)83-51(38(73)32(44)67)88-43-25(15-60)81-49(85-40)36(71)30(43)65/h19-53,56,58-76H,2-18H2,1H3/t19?,20?,21?,22?,23?,24?,25?,26?,27?,28?,29?,30?,31?,32?,33?,34?,35?,36?,37?,38?,39?,40-,41-,42-,43-,44-,45-,46?,47+,48-,49+,50-,51-,52-,53-,54?,55?/m1/s1. The second-order valence-corrected chi connectivity index (χ2v) is 26.5. The Labute approximate surface area is 515 Å². The molecule has 20 N–H and O–H groups in total. The molecule has 17 bridgehead atoms. The van der Waals surface area contributed by atoms with Crippen molar-refractivity contribution in [2.75, 3.05) is 59.3 Å². The van der Waals surface area contributed by atoms with Crippen molar-refractivity contribution in [1.29, 1.82) is 0 Å². The maximum absolute atomic E-state index is 12.7. The first-order valence-electron chi connectivity index (χ1n) is 31.1. The van der Waals surface area contributed by atoms with E-state index >= 15 is 0 Å². The van der Waals surface area contributed by atoms with Crippen molar-refractivity contribution in [3.8, 4) is 0 Å². The van der Waals surface area contributed by atoms with Crippen molar-refractivity contribution in [2.24, 2.45) is 17.3 Å². The minimum Gasteiger partial charge on any atom is -0.394 e. The first kappa shape index (κ1) is 69.9. The van der Waals surface area contributed by atoms with Gasteiger partial charge in [0.15, 0.2) is 44.0 Å². The number of hydrogen-bond donors (Lipinski definition) is 20. The van der Waals surface area contributed by atoms with Crippen LogP contribution in [0.2, 0.25) is 0 Å². The maximum atomic E-state index is 12.7. The third kappa shape index (κ3) is 14.0. The number of aliphatic hydroxyl groups is 19. The number of aliphatic hydroxyl groups excluding tert-OH is 18. The Hall–Kier alpha value is -1.40. The number of rotatable bonds is 8. The Morgan fingerprint density at radius 3 is 1.18 bits per heavy atom. The molecule has 0 aromatic carbocycles. The predicted molar refractivity (Wildman–Crippen MR) is 286 cm³/mol. The second-order valence-electron chi connectivity index (χ2n) is 26.5. The van der Waals surface area contributed by atoms with Gasteiger partial charge in [-0.1, -0.05) is 26.2 Å². The molecule has 2 saturated carbocycles. The summed E-state index contributed by atoms with van der Waals surface area (Å²) in [5, 5.41) is 221. The lowest BCUT2D eigenvalue weighted by Crippen LogP contribution is -2.69. The van der Waals surface area contributed by atoms with Crippen LogP contribution in [0.3, 0.4) is 0 Å². The van der Waals surface area contributed by atoms with Crippen LogP contribution in [0.1, 0.15) is 58.3 Å². The van der Waals surface area contributed by atoms with E-state index in [1.807, 2.05) is 0 Å². The molecule has 2 aliphatic carbocycles. The zero-order valence-corrected chi connectivity index (χ0v) is 49.4. The van der Waals surface area contributed by atoms with Gasteiger partial charge in [-0.3, -0.25) is 5.43 Å². The molecule has 23 unspecified atom stereocenters. The average molecular weight is 1310 g/mol. The van der Waals surface area contributed by atoms with Crippen LogP contribution in [0.4, 0.5) is 0 Å². The fraction of sp³-hybridized carbons (Fsp3) is 1.00. The van der Waals surface area contributed by atoms with Gasteiger partial charge in [0.05, 0.1) is 45.7 Å². The zero-order valence-electron chi connectivity index (χ0n) is 49.4. The lowest BCUT2D eigenvalue weighted by molar-refractivity contribution is -0.396. The number of hydrazine groups is 1. The molecular formula is C55H92N2O33. The van der Waals surface area contributed by atoms with E-state index in [9.17, 15) is 97.0 Å². The molecule has 36 atom stereocenters. The maximum Gasteiger partial charge on any atom is 0.187 e. The van der Waals surface area contributed by atoms with Gasteiger partial charge in [0.2, 0.25) is 0 Å². The number of fused-ring (bicyclic) bond motifs is 7. The topological polar surface area (TPSA) is 529 Å². The average Bonchev–Trinajstić information content (AvgIpc) is 1.69. The molecule has 0 spiro atoms. The predicted octanol–water partition coefficient (Wildman–Crippen LogP) is -11.0. The fourth-order valence-corrected chi connectivity index (χ4v) is 15.2. The highest BCUT2D eigenvalue weighted by atomic mass is 16.8. The number of ether oxygens (including phenoxy) is 14. The van der Waals surface area contributed by atoms with E-state index in [0.717, 1.165) is 38.5 Å². The summed E-state index contributed by atoms with van der Waals surface area (Å²) in [5.41, 5.74) is 0.501. The molecule has 0 radical (unpaired) electrons. The first-order chi connectivity index (χ1) is 42.9. The highest BCUT2D eigenvalue weighted by Crippen LogP contribution is 2.50. The van der Waals surface area contributed by atoms with Crippen LogP contribution >= 0.6 is 0 Å². The van der Waals surface area contributed by atoms with Gasteiger partial charge in [0.1, 0.15) is 158 Å². The Balaban J connectivity index is 1.00. The van der Waals surface area contributed by atoms with Crippen molar-refractivity contribution in [3.63, 3.8) is 0 Å². The lowest BCUT2D eigenvalue weighted by Gasteiger charge is -2.51. The summed E-state index contributed by atoms with van der Waals surface area (Å²) in [7, 11) is 0. The number of hydrogen-bond acceptors (Lipinski definition) is 35. The monoisotopic (exact) mass is 1310 g/mol. The number of nitrogens with zero attached hydrogens (tertiary/aromatic N) is 1. The van der Waals surface area contributed by atoms with Gasteiger partial charge >= 0.3 is 0 Å². The highest BCUT2D eigenvalue weighted by molar-refractivity contribution is 5.03. The third-order valence-electron chi connectivity index (χ3n) is 20.1. The Kier molecular flexibility index (Phi) is 22.5. The van der Waals surface area contributed by atoms with Crippen LogP contribution in [-0.4, -0.2) is 370 Å². The van der Waals surface area contributed by atoms with E-state index in [1.165, 1.54) is 0 Å². The van der Waals surface area contributed by atoms with Gasteiger partial charge in [-0.25, -0.2) is 5.01 Å². The highest BCUT2D eigenvalue weighted by Gasteiger charge is 2.60. The molecule has 16 fully saturated rings. The largest absolute Gasteiger partial charge is 0.394 e. The Bertz CT molecular complexity index is 2280. The minimum absolute atomic E-state index is 0.149. The molecule has 0 aromatic rings.